The number of aliphatic hydroxyl groups is 1. The molecule has 3 heterocycles. The van der Waals surface area contributed by atoms with Crippen molar-refractivity contribution in [3.63, 3.8) is 0 Å². The predicted molar refractivity (Wildman–Crippen MR) is 193 cm³/mol. The molecule has 49 heavy (non-hydrogen) atoms. The second-order valence-electron chi connectivity index (χ2n) is 13.6. The minimum absolute atomic E-state index is 0.0957. The van der Waals surface area contributed by atoms with Crippen molar-refractivity contribution in [2.75, 3.05) is 30.8 Å². The average Bonchev–Trinajstić information content (AvgIpc) is 3.54. The zero-order valence-electron chi connectivity index (χ0n) is 28.4. The van der Waals surface area contributed by atoms with Crippen molar-refractivity contribution in [2.45, 2.75) is 75.3 Å². The van der Waals surface area contributed by atoms with E-state index < -0.39 is 0 Å². The van der Waals surface area contributed by atoms with Crippen LogP contribution in [0.4, 0.5) is 10.6 Å². The molecule has 2 aliphatic rings. The molecule has 0 bridgehead atoms. The van der Waals surface area contributed by atoms with Crippen molar-refractivity contribution < 1.29 is 14.6 Å². The highest BCUT2D eigenvalue weighted by Gasteiger charge is 2.30. The second-order valence-corrected chi connectivity index (χ2v) is 14.8. The maximum absolute atomic E-state index is 13.6. The van der Waals surface area contributed by atoms with Crippen LogP contribution in [-0.2, 0) is 5.41 Å². The molecule has 0 saturated carbocycles. The van der Waals surface area contributed by atoms with Gasteiger partial charge >= 0.3 is 6.03 Å². The number of piperidine rings is 1. The number of anilines is 1. The summed E-state index contributed by atoms with van der Waals surface area (Å²) in [5, 5.41) is 37.6. The smallest absolute Gasteiger partial charge is 0.320 e. The fourth-order valence-electron chi connectivity index (χ4n) is 6.38. The van der Waals surface area contributed by atoms with Crippen LogP contribution in [0.2, 0.25) is 0 Å². The first-order valence-electron chi connectivity index (χ1n) is 17.0. The zero-order chi connectivity index (χ0) is 34.5. The van der Waals surface area contributed by atoms with E-state index in [2.05, 4.69) is 31.4 Å². The topological polar surface area (TPSA) is 144 Å². The summed E-state index contributed by atoms with van der Waals surface area (Å²) < 4.78 is 9.87. The number of fused-ring (bicyclic) bond motifs is 1. The van der Waals surface area contributed by atoms with Gasteiger partial charge in [-0.2, -0.15) is 5.10 Å². The van der Waals surface area contributed by atoms with Crippen LogP contribution < -0.4 is 20.9 Å². The maximum Gasteiger partial charge on any atom is 0.320 e. The van der Waals surface area contributed by atoms with Gasteiger partial charge < -0.3 is 20.1 Å². The van der Waals surface area contributed by atoms with Gasteiger partial charge in [0, 0.05) is 35.2 Å². The minimum Gasteiger partial charge on any atom is -0.484 e. The fourth-order valence-corrected chi connectivity index (χ4v) is 7.09. The number of ether oxygens (including phenoxy) is 1. The molecule has 0 unspecified atom stereocenters. The number of carbonyl (C=O) groups is 1. The van der Waals surface area contributed by atoms with Crippen LogP contribution in [0.3, 0.4) is 0 Å². The zero-order valence-corrected chi connectivity index (χ0v) is 29.2. The van der Waals surface area contributed by atoms with Crippen LogP contribution in [0, 0.1) is 10.8 Å². The molecular formula is C37H46N8O3S. The Morgan fingerprint density at radius 3 is 2.55 bits per heavy atom. The number of amides is 2. The van der Waals surface area contributed by atoms with E-state index in [-0.39, 0.29) is 35.7 Å². The number of hydrogen-bond donors (Lipinski definition) is 5. The molecule has 258 valence electrons. The molecular weight excluding hydrogens is 637 g/mol. The van der Waals surface area contributed by atoms with Gasteiger partial charge in [0.05, 0.1) is 30.2 Å². The van der Waals surface area contributed by atoms with Gasteiger partial charge in [0.2, 0.25) is 5.96 Å². The molecule has 1 fully saturated rings. The van der Waals surface area contributed by atoms with Crippen LogP contribution in [-0.4, -0.2) is 61.8 Å². The summed E-state index contributed by atoms with van der Waals surface area (Å²) >= 11 is 1.56. The van der Waals surface area contributed by atoms with Gasteiger partial charge in [0.25, 0.3) is 0 Å². The van der Waals surface area contributed by atoms with Crippen molar-refractivity contribution in [3.05, 3.63) is 95.2 Å². The standard InChI is InChI=1S/C37H46N8O3S/c1-37(2,3)32-23-34(45(42-32)25-10-9-11-27(22-25)49-21-20-46)41-36(47)40-30-15-16-31(29-13-6-5-12-28(29)30)48-26-14-17-33(38)44(24-26)35(39)43-18-7-4-8-19-43/h5-6,9-14,17,22-24,30-31,38-39,46H,4,7-8,15-16,18-21H2,1-3H3,(H2,40,41,47)/t30-,31+/m0/s1. The van der Waals surface area contributed by atoms with E-state index >= 15 is 0 Å². The van der Waals surface area contributed by atoms with E-state index in [9.17, 15) is 9.90 Å². The van der Waals surface area contributed by atoms with Crippen LogP contribution >= 0.6 is 11.8 Å². The van der Waals surface area contributed by atoms with Gasteiger partial charge in [-0.1, -0.05) is 51.1 Å². The number of carbonyl (C=O) groups excluding carboxylic acids is 1. The summed E-state index contributed by atoms with van der Waals surface area (Å²) in [4.78, 5) is 16.6. The number of benzene rings is 2. The summed E-state index contributed by atoms with van der Waals surface area (Å²) in [7, 11) is 0. The Morgan fingerprint density at radius 2 is 1.80 bits per heavy atom. The number of aromatic nitrogens is 3. The lowest BCUT2D eigenvalue weighted by Gasteiger charge is -2.33. The van der Waals surface area contributed by atoms with E-state index in [0.29, 0.717) is 36.1 Å². The first-order chi connectivity index (χ1) is 23.6. The van der Waals surface area contributed by atoms with Crippen molar-refractivity contribution in [2.24, 2.45) is 0 Å². The molecule has 2 amide bonds. The molecule has 2 aromatic heterocycles. The Balaban J connectivity index is 1.18. The number of likely N-dealkylation sites (tertiary alicyclic amines) is 1. The number of urea groups is 1. The highest BCUT2D eigenvalue weighted by atomic mass is 32.2. The number of hydrogen-bond acceptors (Lipinski definition) is 7. The van der Waals surface area contributed by atoms with E-state index in [1.165, 1.54) is 6.42 Å². The summed E-state index contributed by atoms with van der Waals surface area (Å²) in [6.45, 7) is 8.02. The molecule has 1 aliphatic carbocycles. The van der Waals surface area contributed by atoms with Gasteiger partial charge in [0.1, 0.15) is 23.2 Å². The monoisotopic (exact) mass is 682 g/mol. The Morgan fingerprint density at radius 1 is 1.02 bits per heavy atom. The van der Waals surface area contributed by atoms with E-state index in [4.69, 9.17) is 20.7 Å². The van der Waals surface area contributed by atoms with Crippen LogP contribution in [0.1, 0.15) is 81.8 Å². The molecule has 11 nitrogen and oxygen atoms in total. The quantitative estimate of drug-likeness (QED) is 0.0807. The van der Waals surface area contributed by atoms with Crippen molar-refractivity contribution in [1.29, 1.82) is 10.8 Å². The van der Waals surface area contributed by atoms with Crippen LogP contribution in [0.25, 0.3) is 5.69 Å². The van der Waals surface area contributed by atoms with Crippen LogP contribution in [0.15, 0.2) is 77.8 Å². The van der Waals surface area contributed by atoms with E-state index in [1.807, 2.05) is 59.5 Å². The Kier molecular flexibility index (Phi) is 10.4. The molecule has 5 N–H and O–H groups in total. The fraction of sp³-hybridized carbons (Fsp3) is 0.405. The Labute approximate surface area is 291 Å². The van der Waals surface area contributed by atoms with Gasteiger partial charge in [0.15, 0.2) is 0 Å². The molecule has 2 atom stereocenters. The summed E-state index contributed by atoms with van der Waals surface area (Å²) in [6.07, 6.45) is 6.14. The Bertz CT molecular complexity index is 1860. The van der Waals surface area contributed by atoms with Crippen molar-refractivity contribution >= 4 is 29.6 Å². The number of aliphatic hydroxyl groups excluding tert-OH is 1. The minimum atomic E-state index is -0.324. The second kappa shape index (κ2) is 14.9. The van der Waals surface area contributed by atoms with Crippen molar-refractivity contribution in [3.8, 4) is 11.4 Å². The summed E-state index contributed by atoms with van der Waals surface area (Å²) in [5.41, 5.74) is 3.69. The molecule has 0 spiro atoms. The lowest BCUT2D eigenvalue weighted by molar-refractivity contribution is 0.171. The number of nitrogens with one attached hydrogen (secondary N) is 4. The lowest BCUT2D eigenvalue weighted by atomic mass is 9.85. The molecule has 0 radical (unpaired) electrons. The van der Waals surface area contributed by atoms with Gasteiger partial charge in [-0.15, -0.1) is 11.8 Å². The molecule has 4 aromatic rings. The number of nitrogens with zero attached hydrogens (tertiary/aromatic N) is 4. The van der Waals surface area contributed by atoms with E-state index in [1.54, 1.807) is 39.3 Å². The van der Waals surface area contributed by atoms with Gasteiger partial charge in [-0.25, -0.2) is 9.48 Å². The van der Waals surface area contributed by atoms with Gasteiger partial charge in [-0.3, -0.25) is 20.7 Å². The third-order valence-electron chi connectivity index (χ3n) is 8.97. The van der Waals surface area contributed by atoms with Crippen molar-refractivity contribution in [1.82, 2.24) is 24.6 Å². The first-order valence-corrected chi connectivity index (χ1v) is 18.0. The first kappa shape index (κ1) is 34.3. The molecule has 1 saturated heterocycles. The number of pyridine rings is 1. The largest absolute Gasteiger partial charge is 0.484 e. The third kappa shape index (κ3) is 8.02. The van der Waals surface area contributed by atoms with Gasteiger partial charge in [-0.05, 0) is 73.6 Å². The molecule has 2 aromatic carbocycles. The third-order valence-corrected chi connectivity index (χ3v) is 9.94. The molecule has 12 heteroatoms. The molecule has 1 aliphatic heterocycles. The summed E-state index contributed by atoms with van der Waals surface area (Å²) in [6, 6.07) is 20.8. The van der Waals surface area contributed by atoms with Crippen LogP contribution in [0.5, 0.6) is 5.75 Å². The SMILES string of the molecule is CC(C)(C)c1cc(NC(=O)N[C@H]2CC[C@@H](Oc3ccc(=N)n(C(=N)N4CCCCC4)c3)c3ccccc32)n(-c2cccc(SCCO)c2)n1. The lowest BCUT2D eigenvalue weighted by Crippen LogP contribution is -2.42. The predicted octanol–water partition coefficient (Wildman–Crippen LogP) is 6.58. The highest BCUT2D eigenvalue weighted by Crippen LogP contribution is 2.39. The molecule has 6 rings (SSSR count). The maximum atomic E-state index is 13.6. The highest BCUT2D eigenvalue weighted by molar-refractivity contribution is 7.99. The average molecular weight is 683 g/mol. The summed E-state index contributed by atoms with van der Waals surface area (Å²) in [5.74, 6) is 2.07. The van der Waals surface area contributed by atoms with E-state index in [0.717, 1.165) is 53.3 Å². The number of thioether (sulfide) groups is 1. The number of rotatable bonds is 8. The normalized spacial score (nSPS) is 17.7. The Hall–Kier alpha value is -4.55.